The molecule has 7 heteroatoms. The zero-order chi connectivity index (χ0) is 21.0. The molecule has 0 aromatic heterocycles. The van der Waals surface area contributed by atoms with E-state index < -0.39 is 11.7 Å². The van der Waals surface area contributed by atoms with Crippen LogP contribution in [0.3, 0.4) is 0 Å². The van der Waals surface area contributed by atoms with E-state index in [-0.39, 0.29) is 5.91 Å². The van der Waals surface area contributed by atoms with Crippen LogP contribution in [-0.2, 0) is 12.6 Å². The molecule has 3 rings (SSSR count). The summed E-state index contributed by atoms with van der Waals surface area (Å²) in [5, 5.41) is 0. The standard InChI is InChI=1S/C22H23F3N2O2/c1-3-5-16-14-17(8-9-20(16)29-2)21(28)27-12-10-26(11-13-27)19-7-4-6-18(15-19)22(23,24)25/h3-4,6-9,14-15H,1,5,10-13H2,2H3. The monoisotopic (exact) mass is 404 g/mol. The van der Waals surface area contributed by atoms with Crippen molar-refractivity contribution in [1.29, 1.82) is 0 Å². The van der Waals surface area contributed by atoms with Gasteiger partial charge in [-0.25, -0.2) is 0 Å². The molecule has 154 valence electrons. The predicted octanol–water partition coefficient (Wildman–Crippen LogP) is 4.40. The second-order valence-corrected chi connectivity index (χ2v) is 6.85. The molecule has 0 radical (unpaired) electrons. The number of carbonyl (C=O) groups is 1. The quantitative estimate of drug-likeness (QED) is 0.693. The number of anilines is 1. The Balaban J connectivity index is 1.69. The zero-order valence-corrected chi connectivity index (χ0v) is 16.2. The lowest BCUT2D eigenvalue weighted by Crippen LogP contribution is -2.48. The molecule has 0 atom stereocenters. The first kappa shape index (κ1) is 20.8. The largest absolute Gasteiger partial charge is 0.496 e. The van der Waals surface area contributed by atoms with E-state index in [2.05, 4.69) is 6.58 Å². The van der Waals surface area contributed by atoms with Gasteiger partial charge in [0.2, 0.25) is 0 Å². The SMILES string of the molecule is C=CCc1cc(C(=O)N2CCN(c3cccc(C(F)(F)F)c3)CC2)ccc1OC. The molecule has 0 aliphatic carbocycles. The van der Waals surface area contributed by atoms with Crippen molar-refractivity contribution in [2.24, 2.45) is 0 Å². The number of benzene rings is 2. The van der Waals surface area contributed by atoms with Crippen molar-refractivity contribution in [1.82, 2.24) is 4.90 Å². The van der Waals surface area contributed by atoms with Crippen molar-refractivity contribution in [3.05, 3.63) is 71.8 Å². The van der Waals surface area contributed by atoms with E-state index in [1.807, 2.05) is 11.0 Å². The van der Waals surface area contributed by atoms with Crippen LogP contribution in [-0.4, -0.2) is 44.1 Å². The summed E-state index contributed by atoms with van der Waals surface area (Å²) in [6.07, 6.45) is -2.03. The van der Waals surface area contributed by atoms with Gasteiger partial charge in [-0.3, -0.25) is 4.79 Å². The Kier molecular flexibility index (Phi) is 6.15. The number of hydrogen-bond acceptors (Lipinski definition) is 3. The number of piperazine rings is 1. The summed E-state index contributed by atoms with van der Waals surface area (Å²) < 4.78 is 44.2. The topological polar surface area (TPSA) is 32.8 Å². The van der Waals surface area contributed by atoms with Gasteiger partial charge in [0.1, 0.15) is 5.75 Å². The summed E-state index contributed by atoms with van der Waals surface area (Å²) in [6, 6.07) is 10.6. The normalized spacial score (nSPS) is 14.6. The predicted molar refractivity (Wildman–Crippen MR) is 106 cm³/mol. The van der Waals surface area contributed by atoms with Crippen molar-refractivity contribution >= 4 is 11.6 Å². The summed E-state index contributed by atoms with van der Waals surface area (Å²) >= 11 is 0. The lowest BCUT2D eigenvalue weighted by atomic mass is 10.1. The van der Waals surface area contributed by atoms with E-state index in [1.54, 1.807) is 36.3 Å². The molecule has 1 amide bonds. The fraction of sp³-hybridized carbons (Fsp3) is 0.318. The minimum absolute atomic E-state index is 0.0957. The average Bonchev–Trinajstić information content (AvgIpc) is 2.73. The van der Waals surface area contributed by atoms with E-state index in [0.29, 0.717) is 49.6 Å². The van der Waals surface area contributed by atoms with Gasteiger partial charge >= 0.3 is 6.18 Å². The van der Waals surface area contributed by atoms with Crippen LogP contribution in [0, 0.1) is 0 Å². The maximum absolute atomic E-state index is 12.9. The molecule has 1 saturated heterocycles. The number of alkyl halides is 3. The number of nitrogens with zero attached hydrogens (tertiary/aromatic N) is 2. The second kappa shape index (κ2) is 8.59. The van der Waals surface area contributed by atoms with Crippen molar-refractivity contribution in [3.8, 4) is 5.75 Å². The Hall–Kier alpha value is -2.96. The first-order valence-corrected chi connectivity index (χ1v) is 9.33. The fourth-order valence-corrected chi connectivity index (χ4v) is 3.46. The van der Waals surface area contributed by atoms with Gasteiger partial charge in [-0.15, -0.1) is 6.58 Å². The summed E-state index contributed by atoms with van der Waals surface area (Å²) in [5.41, 5.74) is 1.30. The van der Waals surface area contributed by atoms with Crippen molar-refractivity contribution in [2.75, 3.05) is 38.2 Å². The molecule has 2 aromatic rings. The van der Waals surface area contributed by atoms with E-state index in [0.717, 1.165) is 17.7 Å². The summed E-state index contributed by atoms with van der Waals surface area (Å²) in [5.74, 6) is 0.609. The maximum Gasteiger partial charge on any atom is 0.416 e. The number of allylic oxidation sites excluding steroid dienone is 1. The van der Waals surface area contributed by atoms with Gasteiger partial charge < -0.3 is 14.5 Å². The van der Waals surface area contributed by atoms with Crippen LogP contribution in [0.25, 0.3) is 0 Å². The van der Waals surface area contributed by atoms with Crippen LogP contribution in [0.15, 0.2) is 55.1 Å². The number of halogens is 3. The van der Waals surface area contributed by atoms with Crippen molar-refractivity contribution < 1.29 is 22.7 Å². The molecule has 4 nitrogen and oxygen atoms in total. The van der Waals surface area contributed by atoms with Gasteiger partial charge in [-0.2, -0.15) is 13.2 Å². The van der Waals surface area contributed by atoms with Crippen LogP contribution >= 0.6 is 0 Å². The second-order valence-electron chi connectivity index (χ2n) is 6.85. The fourth-order valence-electron chi connectivity index (χ4n) is 3.46. The highest BCUT2D eigenvalue weighted by Crippen LogP contribution is 2.32. The Bertz CT molecular complexity index is 888. The molecular weight excluding hydrogens is 381 g/mol. The Morgan fingerprint density at radius 2 is 1.86 bits per heavy atom. The molecule has 0 bridgehead atoms. The van der Waals surface area contributed by atoms with E-state index in [4.69, 9.17) is 4.74 Å². The Morgan fingerprint density at radius 1 is 1.14 bits per heavy atom. The zero-order valence-electron chi connectivity index (χ0n) is 16.2. The van der Waals surface area contributed by atoms with Gasteiger partial charge in [0.25, 0.3) is 5.91 Å². The molecule has 1 heterocycles. The van der Waals surface area contributed by atoms with Gasteiger partial charge in [-0.05, 0) is 48.4 Å². The van der Waals surface area contributed by atoms with Gasteiger partial charge in [-0.1, -0.05) is 12.1 Å². The Morgan fingerprint density at radius 3 is 2.48 bits per heavy atom. The van der Waals surface area contributed by atoms with E-state index in [1.165, 1.54) is 6.07 Å². The average molecular weight is 404 g/mol. The van der Waals surface area contributed by atoms with Crippen LogP contribution < -0.4 is 9.64 Å². The molecule has 0 N–H and O–H groups in total. The van der Waals surface area contributed by atoms with Crippen LogP contribution in [0.1, 0.15) is 21.5 Å². The Labute approximate surface area is 168 Å². The third kappa shape index (κ3) is 4.72. The van der Waals surface area contributed by atoms with E-state index in [9.17, 15) is 18.0 Å². The lowest BCUT2D eigenvalue weighted by Gasteiger charge is -2.36. The van der Waals surface area contributed by atoms with Gasteiger partial charge in [0.15, 0.2) is 0 Å². The summed E-state index contributed by atoms with van der Waals surface area (Å²) in [4.78, 5) is 16.5. The molecule has 0 spiro atoms. The van der Waals surface area contributed by atoms with Gasteiger partial charge in [0.05, 0.1) is 12.7 Å². The summed E-state index contributed by atoms with van der Waals surface area (Å²) in [6.45, 7) is 5.56. The third-order valence-corrected chi connectivity index (χ3v) is 5.00. The molecule has 2 aromatic carbocycles. The highest BCUT2D eigenvalue weighted by Gasteiger charge is 2.31. The van der Waals surface area contributed by atoms with Crippen LogP contribution in [0.2, 0.25) is 0 Å². The smallest absolute Gasteiger partial charge is 0.416 e. The van der Waals surface area contributed by atoms with Crippen LogP contribution in [0.4, 0.5) is 18.9 Å². The molecule has 0 saturated carbocycles. The maximum atomic E-state index is 12.9. The highest BCUT2D eigenvalue weighted by molar-refractivity contribution is 5.94. The number of carbonyl (C=O) groups excluding carboxylic acids is 1. The third-order valence-electron chi connectivity index (χ3n) is 5.00. The number of amides is 1. The molecule has 1 aliphatic heterocycles. The minimum Gasteiger partial charge on any atom is -0.496 e. The molecule has 1 fully saturated rings. The first-order valence-electron chi connectivity index (χ1n) is 9.33. The van der Waals surface area contributed by atoms with Crippen molar-refractivity contribution in [3.63, 3.8) is 0 Å². The van der Waals surface area contributed by atoms with Crippen LogP contribution in [0.5, 0.6) is 5.75 Å². The number of hydrogen-bond donors (Lipinski definition) is 0. The molecule has 29 heavy (non-hydrogen) atoms. The number of methoxy groups -OCH3 is 1. The molecular formula is C22H23F3N2O2. The summed E-state index contributed by atoms with van der Waals surface area (Å²) in [7, 11) is 1.58. The number of rotatable bonds is 5. The molecule has 1 aliphatic rings. The number of ether oxygens (including phenoxy) is 1. The van der Waals surface area contributed by atoms with Crippen molar-refractivity contribution in [2.45, 2.75) is 12.6 Å². The lowest BCUT2D eigenvalue weighted by molar-refractivity contribution is -0.137. The first-order chi connectivity index (χ1) is 13.8. The molecule has 0 unspecified atom stereocenters. The van der Waals surface area contributed by atoms with Gasteiger partial charge in [0, 0.05) is 37.4 Å². The highest BCUT2D eigenvalue weighted by atomic mass is 19.4. The van der Waals surface area contributed by atoms with E-state index >= 15 is 0 Å². The minimum atomic E-state index is -4.37.